The van der Waals surface area contributed by atoms with Crippen molar-refractivity contribution in [1.82, 2.24) is 4.98 Å². The highest BCUT2D eigenvalue weighted by molar-refractivity contribution is 5.68. The van der Waals surface area contributed by atoms with E-state index in [0.29, 0.717) is 11.4 Å². The molecule has 0 bridgehead atoms. The topological polar surface area (TPSA) is 48.7 Å². The highest BCUT2D eigenvalue weighted by Gasteiger charge is 2.11. The van der Waals surface area contributed by atoms with Crippen molar-refractivity contribution in [2.75, 3.05) is 11.9 Å². The van der Waals surface area contributed by atoms with Gasteiger partial charge < -0.3 is 5.32 Å². The van der Waals surface area contributed by atoms with Gasteiger partial charge in [-0.3, -0.25) is 0 Å². The maximum atomic E-state index is 9.27. The summed E-state index contributed by atoms with van der Waals surface area (Å²) in [5.41, 5.74) is 3.78. The van der Waals surface area contributed by atoms with Crippen LogP contribution in [-0.2, 0) is 6.42 Å². The summed E-state index contributed by atoms with van der Waals surface area (Å²) in [5, 5.41) is 12.5. The van der Waals surface area contributed by atoms with Gasteiger partial charge in [-0.1, -0.05) is 44.2 Å². The van der Waals surface area contributed by atoms with Gasteiger partial charge in [-0.25, -0.2) is 4.98 Å². The highest BCUT2D eigenvalue weighted by atomic mass is 15.0. The van der Waals surface area contributed by atoms with Crippen LogP contribution in [0.1, 0.15) is 31.4 Å². The third-order valence-corrected chi connectivity index (χ3v) is 3.19. The summed E-state index contributed by atoms with van der Waals surface area (Å²) in [7, 11) is 0. The van der Waals surface area contributed by atoms with Crippen LogP contribution >= 0.6 is 0 Å². The van der Waals surface area contributed by atoms with Gasteiger partial charge in [-0.05, 0) is 24.5 Å². The molecule has 1 N–H and O–H groups in total. The lowest BCUT2D eigenvalue weighted by molar-refractivity contribution is 0.965. The molecule has 3 nitrogen and oxygen atoms in total. The number of rotatable bonds is 5. The zero-order valence-corrected chi connectivity index (χ0v) is 12.0. The summed E-state index contributed by atoms with van der Waals surface area (Å²) >= 11 is 0. The number of aryl methyl sites for hydroxylation is 1. The molecule has 0 amide bonds. The molecule has 20 heavy (non-hydrogen) atoms. The summed E-state index contributed by atoms with van der Waals surface area (Å²) in [4.78, 5) is 4.69. The van der Waals surface area contributed by atoms with Crippen LogP contribution in [0.25, 0.3) is 11.3 Å². The predicted octanol–water partition coefficient (Wildman–Crippen LogP) is 4.00. The maximum Gasteiger partial charge on any atom is 0.144 e. The molecular formula is C17H19N3. The van der Waals surface area contributed by atoms with Crippen molar-refractivity contribution < 1.29 is 0 Å². The van der Waals surface area contributed by atoms with Crippen LogP contribution in [-0.4, -0.2) is 11.5 Å². The van der Waals surface area contributed by atoms with E-state index in [-0.39, 0.29) is 0 Å². The van der Waals surface area contributed by atoms with Crippen molar-refractivity contribution >= 4 is 5.82 Å². The number of pyridine rings is 1. The second-order valence-electron chi connectivity index (χ2n) is 4.65. The monoisotopic (exact) mass is 265 g/mol. The average Bonchev–Trinajstić information content (AvgIpc) is 2.52. The number of anilines is 1. The van der Waals surface area contributed by atoms with Gasteiger partial charge in [0.05, 0.1) is 11.3 Å². The largest absolute Gasteiger partial charge is 0.369 e. The Morgan fingerprint density at radius 2 is 1.95 bits per heavy atom. The van der Waals surface area contributed by atoms with E-state index in [1.807, 2.05) is 24.3 Å². The number of nitrogens with zero attached hydrogens (tertiary/aromatic N) is 2. The van der Waals surface area contributed by atoms with E-state index < -0.39 is 0 Å². The van der Waals surface area contributed by atoms with Crippen molar-refractivity contribution in [3.8, 4) is 17.3 Å². The lowest BCUT2D eigenvalue weighted by atomic mass is 10.0. The quantitative estimate of drug-likeness (QED) is 0.888. The third kappa shape index (κ3) is 2.97. The van der Waals surface area contributed by atoms with Crippen molar-refractivity contribution in [3.63, 3.8) is 0 Å². The smallest absolute Gasteiger partial charge is 0.144 e. The minimum atomic E-state index is 0.620. The molecule has 0 saturated heterocycles. The average molecular weight is 265 g/mol. The summed E-state index contributed by atoms with van der Waals surface area (Å²) in [6.45, 7) is 5.00. The summed E-state index contributed by atoms with van der Waals surface area (Å²) in [6.07, 6.45) is 1.86. The number of aromatic nitrogens is 1. The molecule has 0 saturated carbocycles. The molecule has 2 aromatic rings. The van der Waals surface area contributed by atoms with Crippen molar-refractivity contribution in [3.05, 3.63) is 47.5 Å². The van der Waals surface area contributed by atoms with Gasteiger partial charge in [-0.15, -0.1) is 0 Å². The first kappa shape index (κ1) is 14.1. The molecule has 1 aromatic carbocycles. The van der Waals surface area contributed by atoms with Crippen molar-refractivity contribution in [2.24, 2.45) is 0 Å². The molecule has 0 aliphatic carbocycles. The normalized spacial score (nSPS) is 10.1. The Kier molecular flexibility index (Phi) is 4.73. The number of hydrogen-bond acceptors (Lipinski definition) is 3. The Balaban J connectivity index is 2.53. The van der Waals surface area contributed by atoms with Gasteiger partial charge in [0, 0.05) is 12.1 Å². The van der Waals surface area contributed by atoms with E-state index in [9.17, 15) is 5.26 Å². The second kappa shape index (κ2) is 6.72. The van der Waals surface area contributed by atoms with E-state index in [0.717, 1.165) is 36.2 Å². The van der Waals surface area contributed by atoms with Gasteiger partial charge in [-0.2, -0.15) is 5.26 Å². The molecule has 102 valence electrons. The zero-order chi connectivity index (χ0) is 14.4. The van der Waals surface area contributed by atoms with Crippen molar-refractivity contribution in [2.45, 2.75) is 26.7 Å². The van der Waals surface area contributed by atoms with Crippen molar-refractivity contribution in [1.29, 1.82) is 5.26 Å². The zero-order valence-electron chi connectivity index (χ0n) is 12.0. The Bertz CT molecular complexity index is 612. The fourth-order valence-corrected chi connectivity index (χ4v) is 2.13. The van der Waals surface area contributed by atoms with E-state index in [4.69, 9.17) is 0 Å². The molecule has 0 atom stereocenters. The Morgan fingerprint density at radius 3 is 2.55 bits per heavy atom. The molecule has 0 radical (unpaired) electrons. The van der Waals surface area contributed by atoms with Gasteiger partial charge >= 0.3 is 0 Å². The lowest BCUT2D eigenvalue weighted by Gasteiger charge is -2.12. The number of benzene rings is 1. The van der Waals surface area contributed by atoms with Crippen LogP contribution in [0.3, 0.4) is 0 Å². The van der Waals surface area contributed by atoms with Crippen LogP contribution in [0.5, 0.6) is 0 Å². The van der Waals surface area contributed by atoms with Crippen LogP contribution < -0.4 is 5.32 Å². The molecule has 1 aromatic heterocycles. The van der Waals surface area contributed by atoms with E-state index in [1.165, 1.54) is 0 Å². The standard InChI is InChI=1S/C17H19N3/c1-3-10-19-17-15(12-18)11-13(4-2)16(20-17)14-8-6-5-7-9-14/h5-9,11H,3-4,10H2,1-2H3,(H,19,20). The number of nitriles is 1. The highest BCUT2D eigenvalue weighted by Crippen LogP contribution is 2.26. The molecule has 0 fully saturated rings. The van der Waals surface area contributed by atoms with Crippen LogP contribution in [0, 0.1) is 11.3 Å². The van der Waals surface area contributed by atoms with Gasteiger partial charge in [0.25, 0.3) is 0 Å². The predicted molar refractivity (Wildman–Crippen MR) is 82.5 cm³/mol. The molecule has 0 spiro atoms. The maximum absolute atomic E-state index is 9.27. The van der Waals surface area contributed by atoms with Gasteiger partial charge in [0.1, 0.15) is 11.9 Å². The first-order valence-electron chi connectivity index (χ1n) is 7.03. The molecule has 0 unspecified atom stereocenters. The first-order chi connectivity index (χ1) is 9.80. The minimum Gasteiger partial charge on any atom is -0.369 e. The fourth-order valence-electron chi connectivity index (χ4n) is 2.13. The Morgan fingerprint density at radius 1 is 1.20 bits per heavy atom. The SMILES string of the molecule is CCCNc1nc(-c2ccccc2)c(CC)cc1C#N. The number of hydrogen-bond donors (Lipinski definition) is 1. The first-order valence-corrected chi connectivity index (χ1v) is 7.03. The third-order valence-electron chi connectivity index (χ3n) is 3.19. The van der Waals surface area contributed by atoms with E-state index in [1.54, 1.807) is 0 Å². The summed E-state index contributed by atoms with van der Waals surface area (Å²) in [5.74, 6) is 0.686. The summed E-state index contributed by atoms with van der Waals surface area (Å²) in [6, 6.07) is 14.3. The number of nitrogens with one attached hydrogen (secondary N) is 1. The van der Waals surface area contributed by atoms with E-state index in [2.05, 4.69) is 42.4 Å². The van der Waals surface area contributed by atoms with Crippen LogP contribution in [0.2, 0.25) is 0 Å². The Labute approximate surface area is 120 Å². The van der Waals surface area contributed by atoms with Gasteiger partial charge in [0.2, 0.25) is 0 Å². The summed E-state index contributed by atoms with van der Waals surface area (Å²) < 4.78 is 0. The Hall–Kier alpha value is -2.34. The fraction of sp³-hybridized carbons (Fsp3) is 0.294. The molecule has 0 aliphatic rings. The van der Waals surface area contributed by atoms with Crippen LogP contribution in [0.4, 0.5) is 5.82 Å². The molecule has 2 rings (SSSR count). The van der Waals surface area contributed by atoms with Gasteiger partial charge in [0.15, 0.2) is 0 Å². The van der Waals surface area contributed by atoms with Crippen LogP contribution in [0.15, 0.2) is 36.4 Å². The van der Waals surface area contributed by atoms with E-state index >= 15 is 0 Å². The second-order valence-corrected chi connectivity index (χ2v) is 4.65. The molecule has 1 heterocycles. The lowest BCUT2D eigenvalue weighted by Crippen LogP contribution is -2.06. The molecular weight excluding hydrogens is 246 g/mol. The molecule has 0 aliphatic heterocycles. The molecule has 3 heteroatoms. The minimum absolute atomic E-state index is 0.620.